The molecule has 51 heavy (non-hydrogen) atoms. The van der Waals surface area contributed by atoms with Crippen LogP contribution in [0, 0.1) is 10.1 Å². The second-order valence-electron chi connectivity index (χ2n) is 15.2. The van der Waals surface area contributed by atoms with Crippen molar-refractivity contribution in [3.8, 4) is 28.4 Å². The molecule has 3 rings (SSSR count). The Morgan fingerprint density at radius 2 is 1.31 bits per heavy atom. The maximum atomic E-state index is 12.8. The highest BCUT2D eigenvalue weighted by atomic mass is 28.4. The van der Waals surface area contributed by atoms with Gasteiger partial charge in [-0.3, -0.25) is 10.1 Å². The summed E-state index contributed by atoms with van der Waals surface area (Å²) in [5.41, 5.74) is 1.78. The molecule has 8 nitrogen and oxygen atoms in total. The SMILES string of the molecule is CCCCCCCCCCCCOc1ccc(C(=O)Oc2ccc(-c3ccc(O[C@@H](C)CCC[Si](C)(C)O[Si](C)(C)C)c([N+](=O)[O-])c3)cc2)cc1. The van der Waals surface area contributed by atoms with E-state index in [1.807, 2.05) is 13.0 Å². The molecule has 3 aromatic rings. The molecule has 0 saturated carbocycles. The first-order valence-electron chi connectivity index (χ1n) is 19.0. The average Bonchev–Trinajstić information content (AvgIpc) is 3.06. The minimum atomic E-state index is -1.75. The van der Waals surface area contributed by atoms with E-state index in [2.05, 4.69) is 39.7 Å². The van der Waals surface area contributed by atoms with Gasteiger partial charge in [0.05, 0.1) is 23.2 Å². The molecule has 280 valence electrons. The van der Waals surface area contributed by atoms with Gasteiger partial charge in [-0.15, -0.1) is 0 Å². The molecule has 0 bridgehead atoms. The Kier molecular flexibility index (Phi) is 17.4. The van der Waals surface area contributed by atoms with Crippen molar-refractivity contribution in [1.29, 1.82) is 0 Å². The summed E-state index contributed by atoms with van der Waals surface area (Å²) in [5.74, 6) is 0.909. The summed E-state index contributed by atoms with van der Waals surface area (Å²) in [6.07, 6.45) is 14.4. The van der Waals surface area contributed by atoms with E-state index in [0.717, 1.165) is 36.6 Å². The van der Waals surface area contributed by atoms with Crippen LogP contribution in [-0.2, 0) is 4.12 Å². The number of benzene rings is 3. The van der Waals surface area contributed by atoms with Gasteiger partial charge in [0.2, 0.25) is 0 Å². The zero-order chi connectivity index (χ0) is 37.3. The molecule has 0 aliphatic carbocycles. The molecule has 0 spiro atoms. The molecule has 3 aromatic carbocycles. The number of nitro benzene ring substituents is 1. The molecule has 0 radical (unpaired) electrons. The molecule has 0 aliphatic heterocycles. The Morgan fingerprint density at radius 3 is 1.90 bits per heavy atom. The Bertz CT molecular complexity index is 1490. The maximum absolute atomic E-state index is 12.8. The summed E-state index contributed by atoms with van der Waals surface area (Å²) in [7, 11) is -3.34. The van der Waals surface area contributed by atoms with Gasteiger partial charge in [0.25, 0.3) is 0 Å². The molecule has 0 aromatic heterocycles. The van der Waals surface area contributed by atoms with Crippen molar-refractivity contribution < 1.29 is 28.0 Å². The third-order valence-electron chi connectivity index (χ3n) is 8.71. The molecule has 0 N–H and O–H groups in total. The quantitative estimate of drug-likeness (QED) is 0.0225. The van der Waals surface area contributed by atoms with Gasteiger partial charge in [-0.25, -0.2) is 4.79 Å². The number of carbonyl (C=O) groups excluding carboxylic acids is 1. The standard InChI is InChI=1S/C41H61NO7Si2/c1-8-9-10-11-12-13-14-15-16-17-30-46-37-25-22-35(23-26-37)41(43)48-38-27-20-34(21-28-38)36-24-29-40(39(32-36)42(44)45)47-33(2)19-18-31-51(6,7)49-50(3,4)5/h20-29,32-33H,8-19,30-31H2,1-7H3/t33-/m0/s1. The van der Waals surface area contributed by atoms with Gasteiger partial charge < -0.3 is 18.3 Å². The molecular weight excluding hydrogens is 675 g/mol. The van der Waals surface area contributed by atoms with E-state index in [0.29, 0.717) is 23.5 Å². The van der Waals surface area contributed by atoms with Crippen LogP contribution in [0.25, 0.3) is 11.1 Å². The second kappa shape index (κ2) is 21.1. The highest BCUT2D eigenvalue weighted by molar-refractivity contribution is 6.84. The number of esters is 1. The predicted octanol–water partition coefficient (Wildman–Crippen LogP) is 12.4. The fourth-order valence-corrected chi connectivity index (χ4v) is 14.4. The van der Waals surface area contributed by atoms with Crippen LogP contribution >= 0.6 is 0 Å². The van der Waals surface area contributed by atoms with Gasteiger partial charge in [0.15, 0.2) is 22.4 Å². The minimum Gasteiger partial charge on any atom is -0.494 e. The van der Waals surface area contributed by atoms with Crippen LogP contribution < -0.4 is 14.2 Å². The van der Waals surface area contributed by atoms with Crippen LogP contribution in [0.3, 0.4) is 0 Å². The van der Waals surface area contributed by atoms with Crippen molar-refractivity contribution in [2.75, 3.05) is 6.61 Å². The lowest BCUT2D eigenvalue weighted by molar-refractivity contribution is -0.386. The van der Waals surface area contributed by atoms with Gasteiger partial charge in [-0.1, -0.05) is 89.3 Å². The van der Waals surface area contributed by atoms with Crippen LogP contribution in [0.2, 0.25) is 38.8 Å². The third-order valence-corrected chi connectivity index (χ3v) is 14.9. The van der Waals surface area contributed by atoms with Crippen LogP contribution in [0.1, 0.15) is 101 Å². The Labute approximate surface area is 308 Å². The first kappa shape index (κ1) is 41.9. The van der Waals surface area contributed by atoms with Crippen molar-refractivity contribution in [1.82, 2.24) is 0 Å². The summed E-state index contributed by atoms with van der Waals surface area (Å²) in [6.45, 7) is 16.0. The van der Waals surface area contributed by atoms with E-state index < -0.39 is 27.5 Å². The van der Waals surface area contributed by atoms with Crippen molar-refractivity contribution in [2.45, 2.75) is 136 Å². The predicted molar refractivity (Wildman–Crippen MR) is 213 cm³/mol. The average molecular weight is 736 g/mol. The van der Waals surface area contributed by atoms with Crippen LogP contribution in [-0.4, -0.2) is 40.2 Å². The molecule has 1 atom stereocenters. The molecule has 0 amide bonds. The van der Waals surface area contributed by atoms with Gasteiger partial charge in [0.1, 0.15) is 11.5 Å². The molecular formula is C41H61NO7Si2. The summed E-state index contributed by atoms with van der Waals surface area (Å²) >= 11 is 0. The van der Waals surface area contributed by atoms with Gasteiger partial charge in [0, 0.05) is 6.07 Å². The van der Waals surface area contributed by atoms with Crippen molar-refractivity contribution in [2.24, 2.45) is 0 Å². The normalized spacial score (nSPS) is 12.4. The summed E-state index contributed by atoms with van der Waals surface area (Å²) in [6, 6.07) is 20.0. The van der Waals surface area contributed by atoms with Gasteiger partial charge in [-0.2, -0.15) is 0 Å². The van der Waals surface area contributed by atoms with Crippen molar-refractivity contribution >= 4 is 28.3 Å². The lowest BCUT2D eigenvalue weighted by atomic mass is 10.0. The Balaban J connectivity index is 1.45. The van der Waals surface area contributed by atoms with E-state index in [4.69, 9.17) is 18.3 Å². The number of rotatable bonds is 24. The van der Waals surface area contributed by atoms with Gasteiger partial charge in [-0.05, 0) is 112 Å². The third kappa shape index (κ3) is 16.2. The number of hydrogen-bond acceptors (Lipinski definition) is 7. The van der Waals surface area contributed by atoms with E-state index in [1.165, 1.54) is 63.9 Å². The highest BCUT2D eigenvalue weighted by Gasteiger charge is 2.29. The minimum absolute atomic E-state index is 0.0810. The fourth-order valence-electron chi connectivity index (χ4n) is 6.26. The van der Waals surface area contributed by atoms with Crippen molar-refractivity contribution in [3.63, 3.8) is 0 Å². The number of nitrogens with zero attached hydrogens (tertiary/aromatic N) is 1. The smallest absolute Gasteiger partial charge is 0.343 e. The summed E-state index contributed by atoms with van der Waals surface area (Å²) in [4.78, 5) is 24.4. The van der Waals surface area contributed by atoms with Crippen LogP contribution in [0.15, 0.2) is 66.7 Å². The Morgan fingerprint density at radius 1 is 0.745 bits per heavy atom. The summed E-state index contributed by atoms with van der Waals surface area (Å²) in [5, 5.41) is 12.0. The highest BCUT2D eigenvalue weighted by Crippen LogP contribution is 2.34. The van der Waals surface area contributed by atoms with E-state index in [-0.39, 0.29) is 17.5 Å². The zero-order valence-corrected chi connectivity index (χ0v) is 34.1. The number of nitro groups is 1. The first-order valence-corrected chi connectivity index (χ1v) is 25.5. The fraction of sp³-hybridized carbons (Fsp3) is 0.537. The zero-order valence-electron chi connectivity index (χ0n) is 32.1. The van der Waals surface area contributed by atoms with E-state index in [1.54, 1.807) is 54.6 Å². The number of ether oxygens (including phenoxy) is 3. The first-order chi connectivity index (χ1) is 24.3. The molecule has 0 aliphatic rings. The maximum Gasteiger partial charge on any atom is 0.343 e. The van der Waals surface area contributed by atoms with Crippen LogP contribution in [0.5, 0.6) is 17.2 Å². The van der Waals surface area contributed by atoms with Crippen LogP contribution in [0.4, 0.5) is 5.69 Å². The topological polar surface area (TPSA) is 97.1 Å². The molecule has 10 heteroatoms. The largest absolute Gasteiger partial charge is 0.494 e. The monoisotopic (exact) mass is 735 g/mol. The van der Waals surface area contributed by atoms with E-state index in [9.17, 15) is 14.9 Å². The second-order valence-corrected chi connectivity index (χ2v) is 24.3. The lowest BCUT2D eigenvalue weighted by Crippen LogP contribution is -2.42. The molecule has 0 unspecified atom stereocenters. The molecule has 0 fully saturated rings. The number of hydrogen-bond donors (Lipinski definition) is 0. The van der Waals surface area contributed by atoms with Gasteiger partial charge >= 0.3 is 11.7 Å². The summed E-state index contributed by atoms with van der Waals surface area (Å²) < 4.78 is 24.0. The number of unbranched alkanes of at least 4 members (excludes halogenated alkanes) is 9. The molecule has 0 saturated heterocycles. The number of carbonyl (C=O) groups is 1. The Hall–Kier alpha value is -3.48. The van der Waals surface area contributed by atoms with E-state index >= 15 is 0 Å². The van der Waals surface area contributed by atoms with Crippen molar-refractivity contribution in [3.05, 3.63) is 82.4 Å². The molecule has 0 heterocycles. The lowest BCUT2D eigenvalue weighted by Gasteiger charge is -2.31.